The first kappa shape index (κ1) is 16.0. The third-order valence-corrected chi connectivity index (χ3v) is 3.23. The Balaban J connectivity index is 2.05. The number of carbonyl (C=O) groups excluding carboxylic acids is 1. The maximum Gasteiger partial charge on any atom is 0.220 e. The van der Waals surface area contributed by atoms with E-state index >= 15 is 0 Å². The fraction of sp³-hybridized carbons (Fsp3) is 0.533. The first-order valence-corrected chi connectivity index (χ1v) is 7.26. The number of amides is 1. The maximum absolute atomic E-state index is 11.6. The van der Waals surface area contributed by atoms with Gasteiger partial charge in [0, 0.05) is 18.0 Å². The summed E-state index contributed by atoms with van der Waals surface area (Å²) >= 11 is 5.82. The van der Waals surface area contributed by atoms with Crippen molar-refractivity contribution in [3.05, 3.63) is 34.9 Å². The molecule has 106 valence electrons. The maximum atomic E-state index is 11.6. The lowest BCUT2D eigenvalue weighted by Gasteiger charge is -2.05. The van der Waals surface area contributed by atoms with Gasteiger partial charge in [0.1, 0.15) is 0 Å². The summed E-state index contributed by atoms with van der Waals surface area (Å²) < 4.78 is 0. The molecule has 0 spiro atoms. The van der Waals surface area contributed by atoms with Gasteiger partial charge in [-0.2, -0.15) is 0 Å². The van der Waals surface area contributed by atoms with Crippen molar-refractivity contribution in [3.8, 4) is 0 Å². The summed E-state index contributed by atoms with van der Waals surface area (Å²) in [5.41, 5.74) is 1.19. The summed E-state index contributed by atoms with van der Waals surface area (Å²) in [4.78, 5) is 11.6. The molecule has 1 rings (SSSR count). The molecule has 0 unspecified atom stereocenters. The Morgan fingerprint density at radius 2 is 1.84 bits per heavy atom. The molecule has 3 nitrogen and oxygen atoms in total. The van der Waals surface area contributed by atoms with Gasteiger partial charge in [-0.05, 0) is 50.6 Å². The van der Waals surface area contributed by atoms with Crippen molar-refractivity contribution >= 4 is 17.5 Å². The average molecular weight is 283 g/mol. The summed E-state index contributed by atoms with van der Waals surface area (Å²) in [5.74, 6) is 0.151. The zero-order valence-electron chi connectivity index (χ0n) is 11.5. The first-order chi connectivity index (χ1) is 9.22. The van der Waals surface area contributed by atoms with E-state index in [4.69, 9.17) is 11.6 Å². The monoisotopic (exact) mass is 282 g/mol. The van der Waals surface area contributed by atoms with Crippen molar-refractivity contribution in [3.63, 3.8) is 0 Å². The lowest BCUT2D eigenvalue weighted by molar-refractivity contribution is -0.121. The van der Waals surface area contributed by atoms with Crippen LogP contribution in [0.15, 0.2) is 24.3 Å². The van der Waals surface area contributed by atoms with Gasteiger partial charge in [0.25, 0.3) is 0 Å². The smallest absolute Gasteiger partial charge is 0.220 e. The minimum absolute atomic E-state index is 0.151. The highest BCUT2D eigenvalue weighted by Crippen LogP contribution is 2.09. The minimum Gasteiger partial charge on any atom is -0.356 e. The number of carbonyl (C=O) groups is 1. The van der Waals surface area contributed by atoms with Crippen molar-refractivity contribution in [2.75, 3.05) is 20.1 Å². The Labute approximate surface area is 120 Å². The topological polar surface area (TPSA) is 41.1 Å². The molecule has 19 heavy (non-hydrogen) atoms. The Hall–Kier alpha value is -1.06. The van der Waals surface area contributed by atoms with E-state index in [0.717, 1.165) is 37.3 Å². The van der Waals surface area contributed by atoms with Gasteiger partial charge in [-0.15, -0.1) is 0 Å². The van der Waals surface area contributed by atoms with Gasteiger partial charge in [0.15, 0.2) is 0 Å². The number of benzene rings is 1. The molecule has 2 N–H and O–H groups in total. The third-order valence-electron chi connectivity index (χ3n) is 2.98. The molecule has 0 radical (unpaired) electrons. The molecule has 0 aromatic heterocycles. The predicted molar refractivity (Wildman–Crippen MR) is 80.6 cm³/mol. The van der Waals surface area contributed by atoms with Crippen LogP contribution in [0.2, 0.25) is 5.02 Å². The van der Waals surface area contributed by atoms with E-state index in [2.05, 4.69) is 10.6 Å². The second-order valence-electron chi connectivity index (χ2n) is 4.64. The quantitative estimate of drug-likeness (QED) is 0.684. The number of halogens is 1. The van der Waals surface area contributed by atoms with Gasteiger partial charge < -0.3 is 10.6 Å². The van der Waals surface area contributed by atoms with Crippen molar-refractivity contribution < 1.29 is 4.79 Å². The van der Waals surface area contributed by atoms with Crippen LogP contribution in [0.5, 0.6) is 0 Å². The van der Waals surface area contributed by atoms with Crippen LogP contribution >= 0.6 is 11.6 Å². The van der Waals surface area contributed by atoms with Gasteiger partial charge in [0.2, 0.25) is 5.91 Å². The van der Waals surface area contributed by atoms with Crippen molar-refractivity contribution in [1.29, 1.82) is 0 Å². The van der Waals surface area contributed by atoms with Crippen molar-refractivity contribution in [2.24, 2.45) is 0 Å². The molecule has 1 amide bonds. The van der Waals surface area contributed by atoms with Crippen LogP contribution in [0.25, 0.3) is 0 Å². The summed E-state index contributed by atoms with van der Waals surface area (Å²) in [5, 5.41) is 6.80. The highest BCUT2D eigenvalue weighted by atomic mass is 35.5. The molecule has 1 aromatic rings. The molecule has 0 aliphatic rings. The predicted octanol–water partition coefficient (Wildman–Crippen LogP) is 2.78. The highest BCUT2D eigenvalue weighted by Gasteiger charge is 2.00. The molecule has 1 aromatic carbocycles. The fourth-order valence-electron chi connectivity index (χ4n) is 1.85. The van der Waals surface area contributed by atoms with E-state index < -0.39 is 0 Å². The Morgan fingerprint density at radius 1 is 1.11 bits per heavy atom. The number of rotatable bonds is 9. The lowest BCUT2D eigenvalue weighted by atomic mass is 10.1. The zero-order valence-corrected chi connectivity index (χ0v) is 12.3. The molecule has 0 heterocycles. The molecule has 0 saturated carbocycles. The minimum atomic E-state index is 0.151. The zero-order chi connectivity index (χ0) is 13.9. The Kier molecular flexibility index (Phi) is 8.26. The van der Waals surface area contributed by atoms with E-state index in [1.165, 1.54) is 5.56 Å². The van der Waals surface area contributed by atoms with Gasteiger partial charge in [0.05, 0.1) is 0 Å². The SMILES string of the molecule is CNCCCCCC(=O)NCCc1ccc(Cl)cc1. The fourth-order valence-corrected chi connectivity index (χ4v) is 1.98. The molecular weight excluding hydrogens is 260 g/mol. The molecule has 0 bridgehead atoms. The van der Waals surface area contributed by atoms with Crippen LogP contribution in [-0.2, 0) is 11.2 Å². The number of nitrogens with one attached hydrogen (secondary N) is 2. The second-order valence-corrected chi connectivity index (χ2v) is 5.08. The molecular formula is C15H23ClN2O. The average Bonchev–Trinajstić information content (AvgIpc) is 2.41. The molecule has 0 atom stereocenters. The van der Waals surface area contributed by atoms with Gasteiger partial charge in [-0.3, -0.25) is 4.79 Å². The van der Waals surface area contributed by atoms with Crippen LogP contribution in [0.4, 0.5) is 0 Å². The molecule has 0 saturated heterocycles. The van der Waals surface area contributed by atoms with Crippen LogP contribution in [0.3, 0.4) is 0 Å². The number of hydrogen-bond acceptors (Lipinski definition) is 2. The van der Waals surface area contributed by atoms with E-state index in [1.807, 2.05) is 31.3 Å². The number of hydrogen-bond donors (Lipinski definition) is 2. The summed E-state index contributed by atoms with van der Waals surface area (Å²) in [6.45, 7) is 1.72. The van der Waals surface area contributed by atoms with Crippen LogP contribution in [-0.4, -0.2) is 26.0 Å². The Morgan fingerprint density at radius 3 is 2.53 bits per heavy atom. The lowest BCUT2D eigenvalue weighted by Crippen LogP contribution is -2.25. The molecule has 0 aliphatic carbocycles. The standard InChI is InChI=1S/C15H23ClN2O/c1-17-11-4-2-3-5-15(19)18-12-10-13-6-8-14(16)9-7-13/h6-9,17H,2-5,10-12H2,1H3,(H,18,19). The van der Waals surface area contributed by atoms with E-state index in [-0.39, 0.29) is 5.91 Å². The third kappa shape index (κ3) is 7.85. The van der Waals surface area contributed by atoms with Crippen LogP contribution < -0.4 is 10.6 Å². The Bertz CT molecular complexity index is 365. The van der Waals surface area contributed by atoms with Crippen LogP contribution in [0.1, 0.15) is 31.2 Å². The van der Waals surface area contributed by atoms with Crippen molar-refractivity contribution in [2.45, 2.75) is 32.1 Å². The van der Waals surface area contributed by atoms with E-state index in [9.17, 15) is 4.79 Å². The largest absolute Gasteiger partial charge is 0.356 e. The van der Waals surface area contributed by atoms with Gasteiger partial charge in [-0.25, -0.2) is 0 Å². The second kappa shape index (κ2) is 9.82. The molecule has 4 heteroatoms. The summed E-state index contributed by atoms with van der Waals surface area (Å²) in [7, 11) is 1.95. The van der Waals surface area contributed by atoms with Gasteiger partial charge >= 0.3 is 0 Å². The molecule has 0 aliphatic heterocycles. The highest BCUT2D eigenvalue weighted by molar-refractivity contribution is 6.30. The normalized spacial score (nSPS) is 10.4. The van der Waals surface area contributed by atoms with E-state index in [0.29, 0.717) is 13.0 Å². The molecule has 0 fully saturated rings. The van der Waals surface area contributed by atoms with E-state index in [1.54, 1.807) is 0 Å². The summed E-state index contributed by atoms with van der Waals surface area (Å²) in [6, 6.07) is 7.74. The summed E-state index contributed by atoms with van der Waals surface area (Å²) in [6.07, 6.45) is 4.68. The first-order valence-electron chi connectivity index (χ1n) is 6.88. The van der Waals surface area contributed by atoms with Gasteiger partial charge in [-0.1, -0.05) is 30.2 Å². The van der Waals surface area contributed by atoms with Crippen LogP contribution in [0, 0.1) is 0 Å². The van der Waals surface area contributed by atoms with Crippen molar-refractivity contribution in [1.82, 2.24) is 10.6 Å². The number of unbranched alkanes of at least 4 members (excludes halogenated alkanes) is 2.